The molecule has 0 saturated carbocycles. The third kappa shape index (κ3) is 3.28. The molecule has 1 aliphatic heterocycles. The van der Waals surface area contributed by atoms with Crippen LogP contribution in [0.3, 0.4) is 0 Å². The van der Waals surface area contributed by atoms with E-state index in [0.29, 0.717) is 18.8 Å². The Balaban J connectivity index is 1.80. The van der Waals surface area contributed by atoms with Crippen molar-refractivity contribution in [3.8, 4) is 0 Å². The van der Waals surface area contributed by atoms with Crippen LogP contribution < -0.4 is 0 Å². The van der Waals surface area contributed by atoms with Crippen LogP contribution in [0.1, 0.15) is 16.8 Å². The standard InChI is InChI=1S/C13H16O4/c14-12(11-6-7-16-8-11)9-17-13(15)10-4-2-1-3-5-10/h1-5,11-12,14H,6-9H2. The third-order valence-electron chi connectivity index (χ3n) is 2.90. The van der Waals surface area contributed by atoms with Gasteiger partial charge in [0.05, 0.1) is 18.3 Å². The summed E-state index contributed by atoms with van der Waals surface area (Å²) in [6.45, 7) is 1.25. The first-order valence-corrected chi connectivity index (χ1v) is 5.75. The summed E-state index contributed by atoms with van der Waals surface area (Å²) in [4.78, 5) is 11.6. The van der Waals surface area contributed by atoms with Crippen LogP contribution in [-0.2, 0) is 9.47 Å². The maximum atomic E-state index is 11.6. The van der Waals surface area contributed by atoms with Gasteiger partial charge in [0.1, 0.15) is 6.61 Å². The molecule has 0 bridgehead atoms. The molecule has 0 spiro atoms. The number of benzene rings is 1. The van der Waals surface area contributed by atoms with Crippen molar-refractivity contribution >= 4 is 5.97 Å². The summed E-state index contributed by atoms with van der Waals surface area (Å²) in [7, 11) is 0. The summed E-state index contributed by atoms with van der Waals surface area (Å²) in [5.74, 6) is -0.317. The number of carbonyl (C=O) groups excluding carboxylic acids is 1. The lowest BCUT2D eigenvalue weighted by Crippen LogP contribution is -2.27. The van der Waals surface area contributed by atoms with Crippen molar-refractivity contribution in [2.45, 2.75) is 12.5 Å². The number of hydrogen-bond acceptors (Lipinski definition) is 4. The summed E-state index contributed by atoms with van der Waals surface area (Å²) < 4.78 is 10.2. The number of ether oxygens (including phenoxy) is 2. The van der Waals surface area contributed by atoms with E-state index >= 15 is 0 Å². The van der Waals surface area contributed by atoms with Crippen molar-refractivity contribution in [3.05, 3.63) is 35.9 Å². The molecule has 0 amide bonds. The van der Waals surface area contributed by atoms with E-state index in [4.69, 9.17) is 9.47 Å². The second-order valence-corrected chi connectivity index (χ2v) is 4.16. The van der Waals surface area contributed by atoms with Crippen LogP contribution in [-0.4, -0.2) is 37.0 Å². The van der Waals surface area contributed by atoms with Gasteiger partial charge in [0.2, 0.25) is 0 Å². The molecule has 0 radical (unpaired) electrons. The highest BCUT2D eigenvalue weighted by atomic mass is 16.5. The minimum atomic E-state index is -0.634. The average molecular weight is 236 g/mol. The Morgan fingerprint density at radius 2 is 2.24 bits per heavy atom. The molecule has 1 N–H and O–H groups in total. The Bertz CT molecular complexity index is 357. The minimum absolute atomic E-state index is 0.0295. The molecule has 1 heterocycles. The third-order valence-corrected chi connectivity index (χ3v) is 2.90. The Morgan fingerprint density at radius 1 is 1.47 bits per heavy atom. The van der Waals surface area contributed by atoms with Crippen LogP contribution in [0.5, 0.6) is 0 Å². The predicted molar refractivity (Wildman–Crippen MR) is 61.7 cm³/mol. The topological polar surface area (TPSA) is 55.8 Å². The smallest absolute Gasteiger partial charge is 0.338 e. The van der Waals surface area contributed by atoms with Crippen molar-refractivity contribution in [2.24, 2.45) is 5.92 Å². The van der Waals surface area contributed by atoms with Crippen LogP contribution in [0, 0.1) is 5.92 Å². The van der Waals surface area contributed by atoms with E-state index in [0.717, 1.165) is 6.42 Å². The molecule has 0 aromatic heterocycles. The number of esters is 1. The molecule has 4 nitrogen and oxygen atoms in total. The minimum Gasteiger partial charge on any atom is -0.459 e. The molecule has 2 atom stereocenters. The molecule has 1 fully saturated rings. The van der Waals surface area contributed by atoms with Gasteiger partial charge in [0.25, 0.3) is 0 Å². The van der Waals surface area contributed by atoms with E-state index < -0.39 is 12.1 Å². The number of aliphatic hydroxyl groups excluding tert-OH is 1. The van der Waals surface area contributed by atoms with Gasteiger partial charge in [-0.05, 0) is 18.6 Å². The zero-order valence-corrected chi connectivity index (χ0v) is 9.54. The molecule has 17 heavy (non-hydrogen) atoms. The summed E-state index contributed by atoms with van der Waals surface area (Å²) in [5.41, 5.74) is 0.502. The lowest BCUT2D eigenvalue weighted by atomic mass is 10.0. The zero-order chi connectivity index (χ0) is 12.1. The molecule has 4 heteroatoms. The van der Waals surface area contributed by atoms with Crippen molar-refractivity contribution < 1.29 is 19.4 Å². The van der Waals surface area contributed by atoms with Crippen LogP contribution in [0.15, 0.2) is 30.3 Å². The van der Waals surface area contributed by atoms with Crippen LogP contribution in [0.25, 0.3) is 0 Å². The number of hydrogen-bond donors (Lipinski definition) is 1. The highest BCUT2D eigenvalue weighted by molar-refractivity contribution is 5.89. The SMILES string of the molecule is O=C(OCC(O)C1CCOC1)c1ccccc1. The van der Waals surface area contributed by atoms with E-state index in [1.807, 2.05) is 6.07 Å². The molecule has 0 aliphatic carbocycles. The first-order valence-electron chi connectivity index (χ1n) is 5.75. The summed E-state index contributed by atoms with van der Waals surface area (Å²) in [6, 6.07) is 8.76. The molecule has 1 aromatic carbocycles. The maximum absolute atomic E-state index is 11.6. The van der Waals surface area contributed by atoms with Crippen LogP contribution >= 0.6 is 0 Å². The van der Waals surface area contributed by atoms with Gasteiger partial charge in [0.15, 0.2) is 0 Å². The number of carbonyl (C=O) groups is 1. The fourth-order valence-electron chi connectivity index (χ4n) is 1.81. The molecular weight excluding hydrogens is 220 g/mol. The molecule has 92 valence electrons. The molecular formula is C13H16O4. The normalized spacial score (nSPS) is 21.1. The summed E-state index contributed by atoms with van der Waals surface area (Å²) in [5, 5.41) is 9.79. The van der Waals surface area contributed by atoms with E-state index in [1.54, 1.807) is 24.3 Å². The van der Waals surface area contributed by atoms with Gasteiger partial charge in [0, 0.05) is 12.5 Å². The second-order valence-electron chi connectivity index (χ2n) is 4.16. The van der Waals surface area contributed by atoms with Gasteiger partial charge >= 0.3 is 5.97 Å². The quantitative estimate of drug-likeness (QED) is 0.799. The monoisotopic (exact) mass is 236 g/mol. The first kappa shape index (κ1) is 12.1. The Morgan fingerprint density at radius 3 is 2.88 bits per heavy atom. The Labute approximate surface area is 100 Å². The summed E-state index contributed by atoms with van der Waals surface area (Å²) in [6.07, 6.45) is 0.189. The van der Waals surface area contributed by atoms with Gasteiger partial charge in [-0.2, -0.15) is 0 Å². The average Bonchev–Trinajstić information content (AvgIpc) is 2.90. The first-order chi connectivity index (χ1) is 8.27. The van der Waals surface area contributed by atoms with Gasteiger partial charge in [-0.3, -0.25) is 0 Å². The molecule has 1 saturated heterocycles. The summed E-state index contributed by atoms with van der Waals surface area (Å²) >= 11 is 0. The zero-order valence-electron chi connectivity index (χ0n) is 9.54. The molecule has 1 aromatic rings. The van der Waals surface area contributed by atoms with E-state index in [2.05, 4.69) is 0 Å². The van der Waals surface area contributed by atoms with E-state index in [9.17, 15) is 9.90 Å². The number of aliphatic hydroxyl groups is 1. The fraction of sp³-hybridized carbons (Fsp3) is 0.462. The largest absolute Gasteiger partial charge is 0.459 e. The Kier molecular flexibility index (Phi) is 4.12. The molecule has 2 unspecified atom stereocenters. The molecule has 1 aliphatic rings. The van der Waals surface area contributed by atoms with Crippen molar-refractivity contribution in [3.63, 3.8) is 0 Å². The van der Waals surface area contributed by atoms with Gasteiger partial charge in [-0.1, -0.05) is 18.2 Å². The molecule has 2 rings (SSSR count). The maximum Gasteiger partial charge on any atom is 0.338 e. The van der Waals surface area contributed by atoms with Crippen molar-refractivity contribution in [1.29, 1.82) is 0 Å². The fourth-order valence-corrected chi connectivity index (χ4v) is 1.81. The predicted octanol–water partition coefficient (Wildman–Crippen LogP) is 1.24. The lowest BCUT2D eigenvalue weighted by Gasteiger charge is -2.16. The number of rotatable bonds is 4. The van der Waals surface area contributed by atoms with Crippen LogP contribution in [0.4, 0.5) is 0 Å². The van der Waals surface area contributed by atoms with Crippen molar-refractivity contribution in [2.75, 3.05) is 19.8 Å². The lowest BCUT2D eigenvalue weighted by molar-refractivity contribution is 0.00640. The van der Waals surface area contributed by atoms with Crippen molar-refractivity contribution in [1.82, 2.24) is 0 Å². The second kappa shape index (κ2) is 5.80. The van der Waals surface area contributed by atoms with Gasteiger partial charge in [-0.25, -0.2) is 4.79 Å². The highest BCUT2D eigenvalue weighted by Gasteiger charge is 2.25. The Hall–Kier alpha value is -1.39. The van der Waals surface area contributed by atoms with Gasteiger partial charge < -0.3 is 14.6 Å². The highest BCUT2D eigenvalue weighted by Crippen LogP contribution is 2.17. The van der Waals surface area contributed by atoms with Gasteiger partial charge in [-0.15, -0.1) is 0 Å². The van der Waals surface area contributed by atoms with E-state index in [1.165, 1.54) is 0 Å². The van der Waals surface area contributed by atoms with Crippen LogP contribution in [0.2, 0.25) is 0 Å². The van der Waals surface area contributed by atoms with E-state index in [-0.39, 0.29) is 12.5 Å².